The molecule has 0 radical (unpaired) electrons. The van der Waals surface area contributed by atoms with Gasteiger partial charge in [-0.25, -0.2) is 6.57 Å². The summed E-state index contributed by atoms with van der Waals surface area (Å²) in [6.45, 7) is 8.43. The summed E-state index contributed by atoms with van der Waals surface area (Å²) in [5.41, 5.74) is 0.666. The van der Waals surface area contributed by atoms with E-state index in [1.54, 1.807) is 6.92 Å². The third-order valence-corrected chi connectivity index (χ3v) is 1.79. The summed E-state index contributed by atoms with van der Waals surface area (Å²) in [7, 11) is 0. The van der Waals surface area contributed by atoms with Gasteiger partial charge in [-0.1, -0.05) is 0 Å². The van der Waals surface area contributed by atoms with Crippen LogP contribution in [-0.2, 0) is 0 Å². The van der Waals surface area contributed by atoms with E-state index in [1.165, 1.54) is 24.3 Å². The Morgan fingerprint density at radius 2 is 1.80 bits per heavy atom. The molecule has 80 valence electrons. The number of benzene rings is 1. The van der Waals surface area contributed by atoms with E-state index in [1.807, 2.05) is 0 Å². The van der Waals surface area contributed by atoms with Gasteiger partial charge in [0.2, 0.25) is 6.04 Å². The molecule has 0 fully saturated rings. The normalized spacial score (nSPS) is 13.0. The third-order valence-electron chi connectivity index (χ3n) is 1.79. The Balaban J connectivity index is 2.78. The molecule has 0 bridgehead atoms. The summed E-state index contributed by atoms with van der Waals surface area (Å²) in [6, 6.07) is 4.94. The Hall–Kier alpha value is -1.70. The summed E-state index contributed by atoms with van der Waals surface area (Å²) < 4.78 is 39.1. The highest BCUT2D eigenvalue weighted by Crippen LogP contribution is 2.25. The predicted octanol–water partition coefficient (Wildman–Crippen LogP) is 3.57. The molecule has 0 aromatic heterocycles. The average Bonchev–Trinajstić information content (AvgIpc) is 2.15. The minimum absolute atomic E-state index is 0.275. The van der Waals surface area contributed by atoms with Crippen molar-refractivity contribution in [1.29, 1.82) is 0 Å². The van der Waals surface area contributed by atoms with Gasteiger partial charge < -0.3 is 9.58 Å². The van der Waals surface area contributed by atoms with Gasteiger partial charge in [0, 0.05) is 12.5 Å². The van der Waals surface area contributed by atoms with Crippen LogP contribution in [0.1, 0.15) is 18.5 Å². The van der Waals surface area contributed by atoms with Gasteiger partial charge in [-0.3, -0.25) is 0 Å². The molecule has 0 aliphatic rings. The lowest BCUT2D eigenvalue weighted by molar-refractivity contribution is -0.274. The van der Waals surface area contributed by atoms with Crippen molar-refractivity contribution in [1.82, 2.24) is 0 Å². The Labute approximate surface area is 85.1 Å². The number of hydrogen-bond donors (Lipinski definition) is 0. The molecule has 0 saturated carbocycles. The molecule has 0 heterocycles. The minimum atomic E-state index is -4.67. The van der Waals surface area contributed by atoms with Crippen LogP contribution in [0.2, 0.25) is 0 Å². The second-order valence-electron chi connectivity index (χ2n) is 2.92. The quantitative estimate of drug-likeness (QED) is 0.687. The van der Waals surface area contributed by atoms with E-state index in [4.69, 9.17) is 6.57 Å². The first-order chi connectivity index (χ1) is 6.92. The van der Waals surface area contributed by atoms with Crippen molar-refractivity contribution in [3.8, 4) is 5.75 Å². The molecule has 0 N–H and O–H groups in total. The number of rotatable bonds is 2. The monoisotopic (exact) mass is 215 g/mol. The zero-order valence-electron chi connectivity index (χ0n) is 7.88. The van der Waals surface area contributed by atoms with E-state index in [0.717, 1.165) is 0 Å². The summed E-state index contributed by atoms with van der Waals surface area (Å²) in [5.74, 6) is -0.275. The van der Waals surface area contributed by atoms with Gasteiger partial charge in [-0.15, -0.1) is 13.2 Å². The number of alkyl halides is 3. The molecule has 1 unspecified atom stereocenters. The van der Waals surface area contributed by atoms with Gasteiger partial charge in [0.25, 0.3) is 0 Å². The van der Waals surface area contributed by atoms with Gasteiger partial charge in [0.1, 0.15) is 5.75 Å². The van der Waals surface area contributed by atoms with E-state index in [9.17, 15) is 13.2 Å². The number of hydrogen-bond acceptors (Lipinski definition) is 1. The lowest BCUT2D eigenvalue weighted by Crippen LogP contribution is -2.17. The van der Waals surface area contributed by atoms with Gasteiger partial charge in [0.15, 0.2) is 0 Å². The summed E-state index contributed by atoms with van der Waals surface area (Å²) >= 11 is 0. The molecule has 0 amide bonds. The van der Waals surface area contributed by atoms with Crippen molar-refractivity contribution in [2.75, 3.05) is 0 Å². The Kier molecular flexibility index (Phi) is 3.20. The van der Waals surface area contributed by atoms with Crippen molar-refractivity contribution in [3.63, 3.8) is 0 Å². The van der Waals surface area contributed by atoms with Crippen LogP contribution in [0.3, 0.4) is 0 Å². The fraction of sp³-hybridized carbons (Fsp3) is 0.300. The maximum Gasteiger partial charge on any atom is 0.573 e. The van der Waals surface area contributed by atoms with E-state index in [-0.39, 0.29) is 11.8 Å². The van der Waals surface area contributed by atoms with Gasteiger partial charge in [-0.05, 0) is 24.3 Å². The molecular formula is C10H8F3NO. The van der Waals surface area contributed by atoms with Crippen LogP contribution < -0.4 is 4.74 Å². The molecule has 1 aromatic carbocycles. The summed E-state index contributed by atoms with van der Waals surface area (Å²) in [5, 5.41) is 0. The highest BCUT2D eigenvalue weighted by atomic mass is 19.4. The van der Waals surface area contributed by atoms with E-state index < -0.39 is 6.36 Å². The first-order valence-electron chi connectivity index (χ1n) is 4.14. The first-order valence-corrected chi connectivity index (χ1v) is 4.14. The van der Waals surface area contributed by atoms with Gasteiger partial charge in [-0.2, -0.15) is 0 Å². The van der Waals surface area contributed by atoms with Crippen LogP contribution in [0.25, 0.3) is 4.85 Å². The molecule has 15 heavy (non-hydrogen) atoms. The highest BCUT2D eigenvalue weighted by Gasteiger charge is 2.31. The van der Waals surface area contributed by atoms with E-state index >= 15 is 0 Å². The Morgan fingerprint density at radius 1 is 1.27 bits per heavy atom. The molecule has 0 saturated heterocycles. The number of nitrogens with zero attached hydrogens (tertiary/aromatic N) is 1. The van der Waals surface area contributed by atoms with Crippen LogP contribution in [0, 0.1) is 6.57 Å². The smallest absolute Gasteiger partial charge is 0.406 e. The van der Waals surface area contributed by atoms with E-state index in [0.29, 0.717) is 5.56 Å². The Morgan fingerprint density at radius 3 is 2.20 bits per heavy atom. The maximum atomic E-state index is 11.8. The third kappa shape index (κ3) is 3.50. The van der Waals surface area contributed by atoms with Crippen LogP contribution >= 0.6 is 0 Å². The molecule has 0 spiro atoms. The zero-order chi connectivity index (χ0) is 11.5. The molecule has 5 heteroatoms. The largest absolute Gasteiger partial charge is 0.573 e. The molecule has 1 rings (SSSR count). The number of ether oxygens (including phenoxy) is 1. The standard InChI is InChI=1S/C10H8F3NO/c1-7(14-2)8-3-5-9(6-4-8)15-10(11,12)13/h3-7H,1H3. The van der Waals surface area contributed by atoms with Crippen molar-refractivity contribution in [3.05, 3.63) is 41.2 Å². The SMILES string of the molecule is [C-]#[N+]C(C)c1ccc(OC(F)(F)F)cc1. The lowest BCUT2D eigenvalue weighted by Gasteiger charge is -2.08. The second kappa shape index (κ2) is 4.22. The van der Waals surface area contributed by atoms with Gasteiger partial charge >= 0.3 is 6.36 Å². The molecular weight excluding hydrogens is 207 g/mol. The second-order valence-corrected chi connectivity index (χ2v) is 2.92. The van der Waals surface area contributed by atoms with Crippen molar-refractivity contribution in [2.24, 2.45) is 0 Å². The van der Waals surface area contributed by atoms with Crippen molar-refractivity contribution in [2.45, 2.75) is 19.3 Å². The first kappa shape index (κ1) is 11.4. The summed E-state index contributed by atoms with van der Waals surface area (Å²) in [6.07, 6.45) is -4.67. The fourth-order valence-corrected chi connectivity index (χ4v) is 1.02. The van der Waals surface area contributed by atoms with Crippen LogP contribution in [0.4, 0.5) is 13.2 Å². The molecule has 1 atom stereocenters. The predicted molar refractivity (Wildman–Crippen MR) is 48.1 cm³/mol. The lowest BCUT2D eigenvalue weighted by atomic mass is 10.1. The van der Waals surface area contributed by atoms with E-state index in [2.05, 4.69) is 9.58 Å². The van der Waals surface area contributed by atoms with Crippen LogP contribution in [0.5, 0.6) is 5.75 Å². The maximum absolute atomic E-state index is 11.8. The van der Waals surface area contributed by atoms with Gasteiger partial charge in [0.05, 0.1) is 0 Å². The Bertz CT molecular complexity index is 364. The minimum Gasteiger partial charge on any atom is -0.406 e. The van der Waals surface area contributed by atoms with Crippen molar-refractivity contribution < 1.29 is 17.9 Å². The van der Waals surface area contributed by atoms with Crippen molar-refractivity contribution >= 4 is 0 Å². The molecule has 1 aromatic rings. The topological polar surface area (TPSA) is 13.6 Å². The van der Waals surface area contributed by atoms with Crippen LogP contribution in [0.15, 0.2) is 24.3 Å². The van der Waals surface area contributed by atoms with Crippen LogP contribution in [-0.4, -0.2) is 6.36 Å². The number of halogens is 3. The molecule has 2 nitrogen and oxygen atoms in total. The zero-order valence-corrected chi connectivity index (χ0v) is 7.88. The average molecular weight is 215 g/mol. The summed E-state index contributed by atoms with van der Waals surface area (Å²) in [4.78, 5) is 3.25. The highest BCUT2D eigenvalue weighted by molar-refractivity contribution is 5.30. The molecule has 0 aliphatic heterocycles. The fourth-order valence-electron chi connectivity index (χ4n) is 1.02. The molecule has 0 aliphatic carbocycles.